The van der Waals surface area contributed by atoms with E-state index in [9.17, 15) is 4.79 Å². The van der Waals surface area contributed by atoms with Crippen LogP contribution in [0.2, 0.25) is 0 Å². The zero-order chi connectivity index (χ0) is 15.1. The molecule has 0 bridgehead atoms. The number of amides is 1. The van der Waals surface area contributed by atoms with Crippen molar-refractivity contribution < 1.29 is 9.53 Å². The standard InChI is InChI=1S/C17H20N2O2/c1-3-11-18-14-5-4-6-15(12-14)19-17(20)13-7-9-16(21-2)10-8-13/h4-10,12,18H,3,11H2,1-2H3,(H,19,20). The zero-order valence-electron chi connectivity index (χ0n) is 12.3. The van der Waals surface area contributed by atoms with Gasteiger partial charge < -0.3 is 15.4 Å². The van der Waals surface area contributed by atoms with Gasteiger partial charge in [-0.25, -0.2) is 0 Å². The second-order valence-electron chi connectivity index (χ2n) is 4.69. The molecule has 2 aromatic rings. The Kier molecular flexibility index (Phi) is 5.21. The average molecular weight is 284 g/mol. The molecule has 0 aliphatic carbocycles. The summed E-state index contributed by atoms with van der Waals surface area (Å²) >= 11 is 0. The van der Waals surface area contributed by atoms with Gasteiger partial charge in [0.1, 0.15) is 5.75 Å². The fourth-order valence-corrected chi connectivity index (χ4v) is 1.92. The smallest absolute Gasteiger partial charge is 0.255 e. The van der Waals surface area contributed by atoms with Crippen LogP contribution in [0, 0.1) is 0 Å². The van der Waals surface area contributed by atoms with E-state index < -0.39 is 0 Å². The van der Waals surface area contributed by atoms with E-state index in [1.165, 1.54) is 0 Å². The van der Waals surface area contributed by atoms with Gasteiger partial charge in [-0.3, -0.25) is 4.79 Å². The predicted molar refractivity (Wildman–Crippen MR) is 86.2 cm³/mol. The number of hydrogen-bond donors (Lipinski definition) is 2. The fourth-order valence-electron chi connectivity index (χ4n) is 1.92. The van der Waals surface area contributed by atoms with Crippen LogP contribution in [0.15, 0.2) is 48.5 Å². The first kappa shape index (κ1) is 14.9. The normalized spacial score (nSPS) is 10.0. The van der Waals surface area contributed by atoms with E-state index in [0.717, 1.165) is 30.1 Å². The SMILES string of the molecule is CCCNc1cccc(NC(=O)c2ccc(OC)cc2)c1. The maximum Gasteiger partial charge on any atom is 0.255 e. The van der Waals surface area contributed by atoms with E-state index in [1.54, 1.807) is 31.4 Å². The molecule has 0 radical (unpaired) electrons. The number of carbonyl (C=O) groups is 1. The van der Waals surface area contributed by atoms with Crippen molar-refractivity contribution in [3.05, 3.63) is 54.1 Å². The van der Waals surface area contributed by atoms with Crippen molar-refractivity contribution in [1.29, 1.82) is 0 Å². The Hall–Kier alpha value is -2.49. The van der Waals surface area contributed by atoms with Crippen LogP contribution < -0.4 is 15.4 Å². The van der Waals surface area contributed by atoms with Gasteiger partial charge in [0.15, 0.2) is 0 Å². The van der Waals surface area contributed by atoms with Gasteiger partial charge >= 0.3 is 0 Å². The van der Waals surface area contributed by atoms with Gasteiger partial charge in [0.25, 0.3) is 5.91 Å². The van der Waals surface area contributed by atoms with Gasteiger partial charge in [0.05, 0.1) is 7.11 Å². The third kappa shape index (κ3) is 4.24. The predicted octanol–water partition coefficient (Wildman–Crippen LogP) is 3.77. The lowest BCUT2D eigenvalue weighted by molar-refractivity contribution is 0.102. The van der Waals surface area contributed by atoms with Crippen molar-refractivity contribution >= 4 is 17.3 Å². The Morgan fingerprint density at radius 1 is 1.10 bits per heavy atom. The van der Waals surface area contributed by atoms with Crippen molar-refractivity contribution in [3.8, 4) is 5.75 Å². The number of rotatable bonds is 6. The second-order valence-corrected chi connectivity index (χ2v) is 4.69. The van der Waals surface area contributed by atoms with Crippen LogP contribution in [-0.2, 0) is 0 Å². The maximum absolute atomic E-state index is 12.2. The molecule has 0 heterocycles. The Morgan fingerprint density at radius 3 is 2.48 bits per heavy atom. The largest absolute Gasteiger partial charge is 0.497 e. The Bertz CT molecular complexity index is 594. The first-order valence-corrected chi connectivity index (χ1v) is 7.02. The minimum atomic E-state index is -0.134. The molecule has 0 aliphatic rings. The molecule has 0 spiro atoms. The Morgan fingerprint density at radius 2 is 1.81 bits per heavy atom. The summed E-state index contributed by atoms with van der Waals surface area (Å²) in [6.45, 7) is 3.03. The van der Waals surface area contributed by atoms with Gasteiger partial charge in [-0.2, -0.15) is 0 Å². The lowest BCUT2D eigenvalue weighted by Crippen LogP contribution is -2.12. The monoisotopic (exact) mass is 284 g/mol. The quantitative estimate of drug-likeness (QED) is 0.849. The van der Waals surface area contributed by atoms with Crippen LogP contribution >= 0.6 is 0 Å². The fraction of sp³-hybridized carbons (Fsp3) is 0.235. The lowest BCUT2D eigenvalue weighted by Gasteiger charge is -2.09. The number of carbonyl (C=O) groups excluding carboxylic acids is 1. The van der Waals surface area contributed by atoms with Crippen LogP contribution in [-0.4, -0.2) is 19.6 Å². The van der Waals surface area contributed by atoms with E-state index in [1.807, 2.05) is 24.3 Å². The van der Waals surface area contributed by atoms with Gasteiger partial charge in [-0.05, 0) is 48.9 Å². The number of nitrogens with one attached hydrogen (secondary N) is 2. The number of ether oxygens (including phenoxy) is 1. The van der Waals surface area contributed by atoms with E-state index in [4.69, 9.17) is 4.74 Å². The molecule has 110 valence electrons. The van der Waals surface area contributed by atoms with Crippen LogP contribution in [0.25, 0.3) is 0 Å². The van der Waals surface area contributed by atoms with Crippen LogP contribution in [0.4, 0.5) is 11.4 Å². The molecule has 21 heavy (non-hydrogen) atoms. The van der Waals surface area contributed by atoms with Gasteiger partial charge in [-0.15, -0.1) is 0 Å². The van der Waals surface area contributed by atoms with Crippen molar-refractivity contribution in [2.24, 2.45) is 0 Å². The highest BCUT2D eigenvalue weighted by atomic mass is 16.5. The number of methoxy groups -OCH3 is 1. The molecule has 0 aliphatic heterocycles. The Labute approximate surface area is 125 Å². The van der Waals surface area contributed by atoms with Crippen molar-refractivity contribution in [1.82, 2.24) is 0 Å². The molecule has 4 nitrogen and oxygen atoms in total. The van der Waals surface area contributed by atoms with E-state index in [-0.39, 0.29) is 5.91 Å². The minimum absolute atomic E-state index is 0.134. The molecule has 0 saturated carbocycles. The van der Waals surface area contributed by atoms with Crippen molar-refractivity contribution in [2.45, 2.75) is 13.3 Å². The maximum atomic E-state index is 12.2. The number of anilines is 2. The molecule has 0 aromatic heterocycles. The summed E-state index contributed by atoms with van der Waals surface area (Å²) in [5.41, 5.74) is 2.38. The summed E-state index contributed by atoms with van der Waals surface area (Å²) in [4.78, 5) is 12.2. The molecule has 2 N–H and O–H groups in total. The number of benzene rings is 2. The number of hydrogen-bond acceptors (Lipinski definition) is 3. The zero-order valence-corrected chi connectivity index (χ0v) is 12.3. The second kappa shape index (κ2) is 7.33. The van der Waals surface area contributed by atoms with Crippen molar-refractivity contribution in [3.63, 3.8) is 0 Å². The summed E-state index contributed by atoms with van der Waals surface area (Å²) in [7, 11) is 1.60. The summed E-state index contributed by atoms with van der Waals surface area (Å²) in [6, 6.07) is 14.7. The molecule has 2 aromatic carbocycles. The first-order chi connectivity index (χ1) is 10.2. The molecular formula is C17H20N2O2. The molecule has 0 unspecified atom stereocenters. The highest BCUT2D eigenvalue weighted by Crippen LogP contribution is 2.17. The lowest BCUT2D eigenvalue weighted by atomic mass is 10.2. The Balaban J connectivity index is 2.04. The van der Waals surface area contributed by atoms with Crippen LogP contribution in [0.3, 0.4) is 0 Å². The molecular weight excluding hydrogens is 264 g/mol. The van der Waals surface area contributed by atoms with Crippen molar-refractivity contribution in [2.75, 3.05) is 24.3 Å². The average Bonchev–Trinajstić information content (AvgIpc) is 2.53. The molecule has 1 amide bonds. The topological polar surface area (TPSA) is 50.4 Å². The molecule has 0 saturated heterocycles. The summed E-state index contributed by atoms with van der Waals surface area (Å²) < 4.78 is 5.08. The van der Waals surface area contributed by atoms with Gasteiger partial charge in [0, 0.05) is 23.5 Å². The summed E-state index contributed by atoms with van der Waals surface area (Å²) in [5.74, 6) is 0.600. The molecule has 0 fully saturated rings. The molecule has 0 atom stereocenters. The van der Waals surface area contributed by atoms with Crippen LogP contribution in [0.1, 0.15) is 23.7 Å². The molecule has 4 heteroatoms. The van der Waals surface area contributed by atoms with E-state index in [2.05, 4.69) is 17.6 Å². The first-order valence-electron chi connectivity index (χ1n) is 7.02. The molecule has 2 rings (SSSR count). The summed E-state index contributed by atoms with van der Waals surface area (Å²) in [6.07, 6.45) is 1.06. The third-order valence-corrected chi connectivity index (χ3v) is 3.05. The van der Waals surface area contributed by atoms with E-state index >= 15 is 0 Å². The third-order valence-electron chi connectivity index (χ3n) is 3.05. The highest BCUT2D eigenvalue weighted by molar-refractivity contribution is 6.04. The van der Waals surface area contributed by atoms with Gasteiger partial charge in [-0.1, -0.05) is 13.0 Å². The minimum Gasteiger partial charge on any atom is -0.497 e. The van der Waals surface area contributed by atoms with Gasteiger partial charge in [0.2, 0.25) is 0 Å². The summed E-state index contributed by atoms with van der Waals surface area (Å²) in [5, 5.41) is 6.19. The van der Waals surface area contributed by atoms with E-state index in [0.29, 0.717) is 5.56 Å². The highest BCUT2D eigenvalue weighted by Gasteiger charge is 2.06. The van der Waals surface area contributed by atoms with Crippen LogP contribution in [0.5, 0.6) is 5.75 Å².